The maximum Gasteiger partial charge on any atom is 0.237 e. The third-order valence-corrected chi connectivity index (χ3v) is 7.47. The molecule has 0 N–H and O–H groups in total. The SMILES string of the molecule is COc1ccc2c(c1)CCN(C(=O)CC#N)[C@H]2C(=O)Cc1cc(F)c(C(C)(C)C(=O)N2CCCC2)c(F)c1. The van der Waals surface area contributed by atoms with Gasteiger partial charge in [0.15, 0.2) is 5.78 Å². The van der Waals surface area contributed by atoms with E-state index in [-0.39, 0.29) is 36.4 Å². The number of Topliss-reactive ketones (excluding diaryl/α,β-unsaturated/α-hetero) is 1. The zero-order chi connectivity index (χ0) is 27.6. The van der Waals surface area contributed by atoms with E-state index < -0.39 is 34.8 Å². The molecule has 0 saturated carbocycles. The van der Waals surface area contributed by atoms with Crippen molar-refractivity contribution in [3.8, 4) is 11.8 Å². The lowest BCUT2D eigenvalue weighted by molar-refractivity contribution is -0.139. The second kappa shape index (κ2) is 10.9. The molecule has 0 bridgehead atoms. The number of methoxy groups -OCH3 is 1. The summed E-state index contributed by atoms with van der Waals surface area (Å²) in [6, 6.07) is 8.21. The molecule has 2 heterocycles. The van der Waals surface area contributed by atoms with Crippen molar-refractivity contribution >= 4 is 17.6 Å². The number of amides is 2. The van der Waals surface area contributed by atoms with Gasteiger partial charge in [-0.2, -0.15) is 5.26 Å². The molecular weight excluding hydrogens is 492 g/mol. The average Bonchev–Trinajstić information content (AvgIpc) is 3.41. The summed E-state index contributed by atoms with van der Waals surface area (Å²) in [5.74, 6) is -2.42. The van der Waals surface area contributed by atoms with Crippen LogP contribution in [0.4, 0.5) is 8.78 Å². The van der Waals surface area contributed by atoms with Gasteiger partial charge in [-0.05, 0) is 74.1 Å². The van der Waals surface area contributed by atoms with E-state index in [1.807, 2.05) is 6.07 Å². The minimum atomic E-state index is -1.41. The summed E-state index contributed by atoms with van der Waals surface area (Å²) >= 11 is 0. The number of halogens is 2. The molecule has 0 aliphatic carbocycles. The predicted molar refractivity (Wildman–Crippen MR) is 135 cm³/mol. The third kappa shape index (κ3) is 5.13. The Balaban J connectivity index is 1.64. The zero-order valence-corrected chi connectivity index (χ0v) is 21.9. The molecule has 2 amide bonds. The summed E-state index contributed by atoms with van der Waals surface area (Å²) in [6.45, 7) is 4.37. The molecule has 1 fully saturated rings. The highest BCUT2D eigenvalue weighted by Crippen LogP contribution is 2.36. The summed E-state index contributed by atoms with van der Waals surface area (Å²) in [4.78, 5) is 42.3. The van der Waals surface area contributed by atoms with Crippen molar-refractivity contribution in [3.05, 3.63) is 64.2 Å². The van der Waals surface area contributed by atoms with Crippen LogP contribution in [0.1, 0.15) is 61.4 Å². The Morgan fingerprint density at radius 3 is 2.34 bits per heavy atom. The van der Waals surface area contributed by atoms with E-state index in [0.29, 0.717) is 30.8 Å². The van der Waals surface area contributed by atoms with Crippen LogP contribution < -0.4 is 4.74 Å². The maximum atomic E-state index is 15.3. The highest BCUT2D eigenvalue weighted by Gasteiger charge is 2.40. The topological polar surface area (TPSA) is 90.7 Å². The Morgan fingerprint density at radius 2 is 1.74 bits per heavy atom. The largest absolute Gasteiger partial charge is 0.497 e. The third-order valence-electron chi connectivity index (χ3n) is 7.47. The van der Waals surface area contributed by atoms with Crippen molar-refractivity contribution in [2.45, 2.75) is 57.4 Å². The number of carbonyl (C=O) groups is 3. The quantitative estimate of drug-likeness (QED) is 0.547. The van der Waals surface area contributed by atoms with Crippen LogP contribution >= 0.6 is 0 Å². The van der Waals surface area contributed by atoms with E-state index in [1.54, 1.807) is 23.1 Å². The van der Waals surface area contributed by atoms with Gasteiger partial charge in [-0.3, -0.25) is 14.4 Å². The van der Waals surface area contributed by atoms with Gasteiger partial charge in [0.05, 0.1) is 18.6 Å². The van der Waals surface area contributed by atoms with Crippen LogP contribution in [0.2, 0.25) is 0 Å². The Labute approximate surface area is 221 Å². The van der Waals surface area contributed by atoms with Crippen LogP contribution in [-0.2, 0) is 32.6 Å². The second-order valence-electron chi connectivity index (χ2n) is 10.3. The van der Waals surface area contributed by atoms with Gasteiger partial charge < -0.3 is 14.5 Å². The Hall–Kier alpha value is -3.80. The molecule has 200 valence electrons. The molecule has 2 aromatic rings. The number of rotatable bonds is 7. The lowest BCUT2D eigenvalue weighted by atomic mass is 9.81. The Kier molecular flexibility index (Phi) is 7.81. The molecule has 0 aromatic heterocycles. The van der Waals surface area contributed by atoms with Crippen LogP contribution in [0.25, 0.3) is 0 Å². The highest BCUT2D eigenvalue weighted by atomic mass is 19.1. The van der Waals surface area contributed by atoms with Gasteiger partial charge in [-0.15, -0.1) is 0 Å². The Bertz CT molecular complexity index is 1290. The summed E-state index contributed by atoms with van der Waals surface area (Å²) in [7, 11) is 1.53. The number of ether oxygens (including phenoxy) is 1. The fourth-order valence-electron chi connectivity index (χ4n) is 5.56. The summed E-state index contributed by atoms with van der Waals surface area (Å²) in [6.07, 6.45) is 1.48. The number of benzene rings is 2. The van der Waals surface area contributed by atoms with E-state index in [1.165, 1.54) is 25.9 Å². The molecule has 2 aliphatic rings. The first-order chi connectivity index (χ1) is 18.1. The first-order valence-electron chi connectivity index (χ1n) is 12.7. The van der Waals surface area contributed by atoms with Gasteiger partial charge in [-0.1, -0.05) is 6.07 Å². The molecule has 1 atom stereocenters. The number of nitriles is 1. The van der Waals surface area contributed by atoms with E-state index >= 15 is 8.78 Å². The van der Waals surface area contributed by atoms with Crippen molar-refractivity contribution < 1.29 is 27.9 Å². The maximum absolute atomic E-state index is 15.3. The molecule has 2 aromatic carbocycles. The highest BCUT2D eigenvalue weighted by molar-refractivity contribution is 5.93. The minimum absolute atomic E-state index is 0.103. The van der Waals surface area contributed by atoms with Crippen molar-refractivity contribution in [2.24, 2.45) is 0 Å². The van der Waals surface area contributed by atoms with Gasteiger partial charge in [-0.25, -0.2) is 8.78 Å². The molecule has 9 heteroatoms. The van der Waals surface area contributed by atoms with Crippen LogP contribution in [0.5, 0.6) is 5.75 Å². The summed E-state index contributed by atoms with van der Waals surface area (Å²) in [5, 5.41) is 9.04. The van der Waals surface area contributed by atoms with E-state index in [4.69, 9.17) is 10.00 Å². The molecule has 4 rings (SSSR count). The smallest absolute Gasteiger partial charge is 0.237 e. The number of ketones is 1. The number of carbonyl (C=O) groups excluding carboxylic acids is 3. The van der Waals surface area contributed by atoms with Gasteiger partial charge in [0.2, 0.25) is 11.8 Å². The number of nitrogens with zero attached hydrogens (tertiary/aromatic N) is 3. The van der Waals surface area contributed by atoms with E-state index in [2.05, 4.69) is 0 Å². The van der Waals surface area contributed by atoms with Crippen LogP contribution in [0.15, 0.2) is 30.3 Å². The standard InChI is InChI=1S/C29H31F2N3O4/c1-29(2,28(37)33-11-4-5-12-33)26-22(30)14-18(15-23(26)31)16-24(35)27-21-7-6-20(38-3)17-19(21)9-13-34(27)25(36)8-10-32/h6-7,14-15,17,27H,4-5,8-9,11-13,16H2,1-3H3/t27-/m1/s1. The number of likely N-dealkylation sites (tertiary alicyclic amines) is 1. The number of hydrogen-bond acceptors (Lipinski definition) is 5. The average molecular weight is 524 g/mol. The lowest BCUT2D eigenvalue weighted by Crippen LogP contribution is -2.44. The molecule has 2 aliphatic heterocycles. The van der Waals surface area contributed by atoms with Crippen LogP contribution in [0, 0.1) is 23.0 Å². The van der Waals surface area contributed by atoms with Gasteiger partial charge in [0.25, 0.3) is 0 Å². The monoisotopic (exact) mass is 523 g/mol. The normalized spacial score (nSPS) is 17.1. The second-order valence-corrected chi connectivity index (χ2v) is 10.3. The van der Waals surface area contributed by atoms with Crippen molar-refractivity contribution in [2.75, 3.05) is 26.7 Å². The minimum Gasteiger partial charge on any atom is -0.497 e. The van der Waals surface area contributed by atoms with Gasteiger partial charge in [0, 0.05) is 31.6 Å². The Morgan fingerprint density at radius 1 is 1.08 bits per heavy atom. The van der Waals surface area contributed by atoms with Gasteiger partial charge in [0.1, 0.15) is 29.8 Å². The number of fused-ring (bicyclic) bond motifs is 1. The van der Waals surface area contributed by atoms with Gasteiger partial charge >= 0.3 is 0 Å². The van der Waals surface area contributed by atoms with Crippen LogP contribution in [-0.4, -0.2) is 54.1 Å². The molecular formula is C29H31F2N3O4. The van der Waals surface area contributed by atoms with E-state index in [0.717, 1.165) is 30.5 Å². The first kappa shape index (κ1) is 27.2. The van der Waals surface area contributed by atoms with Crippen molar-refractivity contribution in [1.29, 1.82) is 5.26 Å². The predicted octanol–water partition coefficient (Wildman–Crippen LogP) is 4.02. The summed E-state index contributed by atoms with van der Waals surface area (Å²) in [5.41, 5.74) is -0.206. The zero-order valence-electron chi connectivity index (χ0n) is 21.9. The fourth-order valence-corrected chi connectivity index (χ4v) is 5.56. The first-order valence-corrected chi connectivity index (χ1v) is 12.7. The molecule has 0 unspecified atom stereocenters. The van der Waals surface area contributed by atoms with E-state index in [9.17, 15) is 14.4 Å². The molecule has 1 saturated heterocycles. The summed E-state index contributed by atoms with van der Waals surface area (Å²) < 4.78 is 36.0. The molecule has 0 radical (unpaired) electrons. The fraction of sp³-hybridized carbons (Fsp3) is 0.448. The lowest BCUT2D eigenvalue weighted by Gasteiger charge is -2.36. The van der Waals surface area contributed by atoms with Crippen molar-refractivity contribution in [1.82, 2.24) is 9.80 Å². The molecule has 7 nitrogen and oxygen atoms in total. The number of hydrogen-bond donors (Lipinski definition) is 0. The molecule has 38 heavy (non-hydrogen) atoms. The van der Waals surface area contributed by atoms with Crippen LogP contribution in [0.3, 0.4) is 0 Å². The molecule has 0 spiro atoms. The van der Waals surface area contributed by atoms with Crippen molar-refractivity contribution in [3.63, 3.8) is 0 Å².